The Morgan fingerprint density at radius 2 is 1.48 bits per heavy atom. The van der Waals surface area contributed by atoms with Gasteiger partial charge >= 0.3 is 0 Å². The van der Waals surface area contributed by atoms with Gasteiger partial charge in [0.1, 0.15) is 0 Å². The number of ether oxygens (including phenoxy) is 2. The SMILES string of the molecule is COc1cc(CNC(=O)C(c2ccccc2)c2ccccc2)ccc1OCCC(C)C. The predicted molar refractivity (Wildman–Crippen MR) is 125 cm³/mol. The third-order valence-electron chi connectivity index (χ3n) is 5.18. The van der Waals surface area contributed by atoms with Crippen LogP contribution in [0.3, 0.4) is 0 Å². The molecule has 0 saturated heterocycles. The summed E-state index contributed by atoms with van der Waals surface area (Å²) in [5.74, 6) is 1.60. The summed E-state index contributed by atoms with van der Waals surface area (Å²) in [5, 5.41) is 3.09. The van der Waals surface area contributed by atoms with Crippen molar-refractivity contribution in [1.29, 1.82) is 0 Å². The molecule has 0 atom stereocenters. The standard InChI is InChI=1S/C27H31NO3/c1-20(2)16-17-31-24-15-14-21(18-25(24)30-3)19-28-27(29)26(22-10-6-4-7-11-22)23-12-8-5-9-13-23/h4-15,18,20,26H,16-17,19H2,1-3H3,(H,28,29). The lowest BCUT2D eigenvalue weighted by Gasteiger charge is -2.18. The van der Waals surface area contributed by atoms with Crippen molar-refractivity contribution in [2.24, 2.45) is 5.92 Å². The Kier molecular flexibility index (Phi) is 8.11. The molecule has 3 rings (SSSR count). The molecule has 0 saturated carbocycles. The van der Waals surface area contributed by atoms with Crippen LogP contribution >= 0.6 is 0 Å². The molecule has 0 aliphatic rings. The molecule has 0 heterocycles. The number of nitrogens with one attached hydrogen (secondary N) is 1. The zero-order chi connectivity index (χ0) is 22.1. The van der Waals surface area contributed by atoms with Gasteiger partial charge in [0.2, 0.25) is 5.91 Å². The van der Waals surface area contributed by atoms with Crippen LogP contribution in [0.4, 0.5) is 0 Å². The highest BCUT2D eigenvalue weighted by atomic mass is 16.5. The molecular weight excluding hydrogens is 386 g/mol. The largest absolute Gasteiger partial charge is 0.493 e. The first kappa shape index (κ1) is 22.4. The Bertz CT molecular complexity index is 915. The third kappa shape index (κ3) is 6.35. The van der Waals surface area contributed by atoms with E-state index in [9.17, 15) is 4.79 Å². The van der Waals surface area contributed by atoms with Gasteiger partial charge in [0.25, 0.3) is 0 Å². The molecule has 0 radical (unpaired) electrons. The molecule has 0 aliphatic carbocycles. The number of methoxy groups -OCH3 is 1. The Morgan fingerprint density at radius 1 is 0.871 bits per heavy atom. The molecule has 0 aliphatic heterocycles. The van der Waals surface area contributed by atoms with Crippen molar-refractivity contribution in [3.63, 3.8) is 0 Å². The summed E-state index contributed by atoms with van der Waals surface area (Å²) in [6.45, 7) is 5.41. The average Bonchev–Trinajstić information content (AvgIpc) is 2.79. The summed E-state index contributed by atoms with van der Waals surface area (Å²) >= 11 is 0. The molecule has 4 nitrogen and oxygen atoms in total. The summed E-state index contributed by atoms with van der Waals surface area (Å²) in [6, 6.07) is 25.5. The highest BCUT2D eigenvalue weighted by Gasteiger charge is 2.22. The van der Waals surface area contributed by atoms with Gasteiger partial charge in [-0.1, -0.05) is 80.6 Å². The van der Waals surface area contributed by atoms with Crippen LogP contribution in [0.2, 0.25) is 0 Å². The van der Waals surface area contributed by atoms with Gasteiger partial charge in [0, 0.05) is 6.54 Å². The number of hydrogen-bond donors (Lipinski definition) is 1. The fourth-order valence-corrected chi connectivity index (χ4v) is 3.42. The molecule has 0 spiro atoms. The Morgan fingerprint density at radius 3 is 2.03 bits per heavy atom. The predicted octanol–water partition coefficient (Wildman–Crippen LogP) is 5.57. The molecule has 0 fully saturated rings. The van der Waals surface area contributed by atoms with E-state index >= 15 is 0 Å². The van der Waals surface area contributed by atoms with Crippen molar-refractivity contribution >= 4 is 5.91 Å². The van der Waals surface area contributed by atoms with Crippen LogP contribution in [0, 0.1) is 5.92 Å². The molecule has 31 heavy (non-hydrogen) atoms. The van der Waals surface area contributed by atoms with Crippen molar-refractivity contribution in [2.45, 2.75) is 32.7 Å². The van der Waals surface area contributed by atoms with Crippen molar-refractivity contribution in [1.82, 2.24) is 5.32 Å². The van der Waals surface area contributed by atoms with Gasteiger partial charge in [0.15, 0.2) is 11.5 Å². The summed E-state index contributed by atoms with van der Waals surface area (Å²) in [4.78, 5) is 13.2. The van der Waals surface area contributed by atoms with Crippen molar-refractivity contribution in [3.05, 3.63) is 95.6 Å². The quantitative estimate of drug-likeness (QED) is 0.469. The number of hydrogen-bond acceptors (Lipinski definition) is 3. The second-order valence-electron chi connectivity index (χ2n) is 7.99. The van der Waals surface area contributed by atoms with E-state index in [0.717, 1.165) is 28.9 Å². The Labute approximate surface area is 185 Å². The van der Waals surface area contributed by atoms with E-state index in [1.54, 1.807) is 7.11 Å². The van der Waals surface area contributed by atoms with Gasteiger partial charge < -0.3 is 14.8 Å². The van der Waals surface area contributed by atoms with E-state index in [-0.39, 0.29) is 11.8 Å². The lowest BCUT2D eigenvalue weighted by Crippen LogP contribution is -2.29. The minimum absolute atomic E-state index is 0.0337. The number of benzene rings is 3. The maximum absolute atomic E-state index is 13.2. The second kappa shape index (κ2) is 11.2. The van der Waals surface area contributed by atoms with Gasteiger partial charge in [-0.25, -0.2) is 0 Å². The van der Waals surface area contributed by atoms with Crippen molar-refractivity contribution in [2.75, 3.05) is 13.7 Å². The normalized spacial score (nSPS) is 10.9. The van der Waals surface area contributed by atoms with Crippen LogP contribution in [0.5, 0.6) is 11.5 Å². The van der Waals surface area contributed by atoms with Crippen molar-refractivity contribution in [3.8, 4) is 11.5 Å². The number of rotatable bonds is 10. The first-order valence-corrected chi connectivity index (χ1v) is 10.8. The lowest BCUT2D eigenvalue weighted by molar-refractivity contribution is -0.121. The molecule has 1 N–H and O–H groups in total. The van der Waals surface area contributed by atoms with Crippen LogP contribution in [-0.4, -0.2) is 19.6 Å². The third-order valence-corrected chi connectivity index (χ3v) is 5.18. The smallest absolute Gasteiger partial charge is 0.232 e. The minimum atomic E-state index is -0.358. The van der Waals surface area contributed by atoms with Gasteiger partial charge in [-0.05, 0) is 41.2 Å². The van der Waals surface area contributed by atoms with E-state index in [1.165, 1.54) is 0 Å². The monoisotopic (exact) mass is 417 g/mol. The zero-order valence-electron chi connectivity index (χ0n) is 18.5. The molecule has 162 valence electrons. The molecule has 0 bridgehead atoms. The fourth-order valence-electron chi connectivity index (χ4n) is 3.42. The molecule has 3 aromatic carbocycles. The van der Waals surface area contributed by atoms with Gasteiger partial charge in [-0.15, -0.1) is 0 Å². The minimum Gasteiger partial charge on any atom is -0.493 e. The van der Waals surface area contributed by atoms with Gasteiger partial charge in [0.05, 0.1) is 19.6 Å². The number of carbonyl (C=O) groups excluding carboxylic acids is 1. The highest BCUT2D eigenvalue weighted by Crippen LogP contribution is 2.29. The van der Waals surface area contributed by atoms with Gasteiger partial charge in [-0.2, -0.15) is 0 Å². The van der Waals surface area contributed by atoms with Crippen LogP contribution in [0.1, 0.15) is 42.9 Å². The first-order chi connectivity index (χ1) is 15.1. The maximum atomic E-state index is 13.2. The second-order valence-corrected chi connectivity index (χ2v) is 7.99. The molecule has 4 heteroatoms. The van der Waals surface area contributed by atoms with E-state index < -0.39 is 0 Å². The Balaban J connectivity index is 1.70. The molecule has 0 unspecified atom stereocenters. The number of carbonyl (C=O) groups is 1. The molecular formula is C27H31NO3. The average molecular weight is 418 g/mol. The lowest BCUT2D eigenvalue weighted by atomic mass is 9.90. The van der Waals surface area contributed by atoms with Gasteiger partial charge in [-0.3, -0.25) is 4.79 Å². The summed E-state index contributed by atoms with van der Waals surface area (Å²) < 4.78 is 11.4. The fraction of sp³-hybridized carbons (Fsp3) is 0.296. The highest BCUT2D eigenvalue weighted by molar-refractivity contribution is 5.87. The number of amides is 1. The summed E-state index contributed by atoms with van der Waals surface area (Å²) in [5.41, 5.74) is 2.90. The molecule has 1 amide bonds. The van der Waals surface area contributed by atoms with E-state index in [1.807, 2.05) is 78.9 Å². The van der Waals surface area contributed by atoms with Crippen LogP contribution in [-0.2, 0) is 11.3 Å². The van der Waals surface area contributed by atoms with E-state index in [2.05, 4.69) is 19.2 Å². The van der Waals surface area contributed by atoms with Crippen LogP contribution in [0.15, 0.2) is 78.9 Å². The molecule has 3 aromatic rings. The van der Waals surface area contributed by atoms with E-state index in [0.29, 0.717) is 24.8 Å². The first-order valence-electron chi connectivity index (χ1n) is 10.8. The Hall–Kier alpha value is -3.27. The summed E-state index contributed by atoms with van der Waals surface area (Å²) in [6.07, 6.45) is 0.987. The van der Waals surface area contributed by atoms with Crippen molar-refractivity contribution < 1.29 is 14.3 Å². The summed E-state index contributed by atoms with van der Waals surface area (Å²) in [7, 11) is 1.63. The zero-order valence-corrected chi connectivity index (χ0v) is 18.5. The van der Waals surface area contributed by atoms with Crippen LogP contribution < -0.4 is 14.8 Å². The van der Waals surface area contributed by atoms with E-state index in [4.69, 9.17) is 9.47 Å². The topological polar surface area (TPSA) is 47.6 Å². The molecule has 0 aromatic heterocycles. The van der Waals surface area contributed by atoms with Crippen LogP contribution in [0.25, 0.3) is 0 Å². The maximum Gasteiger partial charge on any atom is 0.232 e.